The maximum atomic E-state index is 14.1. The fourth-order valence-corrected chi connectivity index (χ4v) is 3.94. The summed E-state index contributed by atoms with van der Waals surface area (Å²) in [5.74, 6) is 1.43. The van der Waals surface area contributed by atoms with Crippen molar-refractivity contribution in [3.05, 3.63) is 59.7 Å². The molecule has 0 fully saturated rings. The molecular formula is C30H38N4O6. The van der Waals surface area contributed by atoms with Crippen molar-refractivity contribution in [3.63, 3.8) is 0 Å². The number of ether oxygens (including phenoxy) is 2. The van der Waals surface area contributed by atoms with Gasteiger partial charge in [-0.3, -0.25) is 14.4 Å². The summed E-state index contributed by atoms with van der Waals surface area (Å²) in [5, 5.41) is 5.41. The van der Waals surface area contributed by atoms with Crippen LogP contribution in [0, 0.1) is 12.3 Å². The second-order valence-corrected chi connectivity index (χ2v) is 10.4. The Labute approximate surface area is 235 Å². The molecule has 2 rings (SSSR count). The minimum absolute atomic E-state index is 0.0838. The standard InChI is InChI=1S/C30H38N4O6/c1-8-20-9-11-21(12-10-20)26(27(36)32-22-13-15-23(39-7)16-14-22)34(19(2)3)28(37)24(17-18-25(31)35)33-29(38)40-30(4,5)6/h1,9-16,19,24,26H,17-18H2,2-7H3,(H2,31,35)(H,32,36)(H,33,38). The molecule has 2 atom stereocenters. The van der Waals surface area contributed by atoms with Crippen LogP contribution >= 0.6 is 0 Å². The van der Waals surface area contributed by atoms with Gasteiger partial charge in [0.2, 0.25) is 11.8 Å². The van der Waals surface area contributed by atoms with Crippen LogP contribution in [-0.2, 0) is 19.1 Å². The predicted octanol–water partition coefficient (Wildman–Crippen LogP) is 3.75. The summed E-state index contributed by atoms with van der Waals surface area (Å²) < 4.78 is 10.5. The van der Waals surface area contributed by atoms with Crippen LogP contribution in [-0.4, -0.2) is 53.5 Å². The van der Waals surface area contributed by atoms with E-state index in [1.54, 1.807) is 83.1 Å². The fourth-order valence-electron chi connectivity index (χ4n) is 3.94. The second-order valence-electron chi connectivity index (χ2n) is 10.4. The van der Waals surface area contributed by atoms with Crippen LogP contribution in [0.4, 0.5) is 10.5 Å². The molecule has 0 saturated carbocycles. The molecule has 4 amide bonds. The summed E-state index contributed by atoms with van der Waals surface area (Å²) in [5.41, 5.74) is 6.12. The van der Waals surface area contributed by atoms with Crippen LogP contribution in [0.1, 0.15) is 64.6 Å². The summed E-state index contributed by atoms with van der Waals surface area (Å²) >= 11 is 0. The molecule has 214 valence electrons. The third kappa shape index (κ3) is 9.34. The first kappa shape index (κ1) is 31.7. The van der Waals surface area contributed by atoms with Gasteiger partial charge in [0.1, 0.15) is 23.4 Å². The van der Waals surface area contributed by atoms with E-state index in [1.165, 1.54) is 12.0 Å². The van der Waals surface area contributed by atoms with Gasteiger partial charge in [-0.05, 0) is 83.0 Å². The van der Waals surface area contributed by atoms with E-state index in [0.29, 0.717) is 22.6 Å². The predicted molar refractivity (Wildman–Crippen MR) is 152 cm³/mol. The number of nitrogens with one attached hydrogen (secondary N) is 2. The normalized spacial score (nSPS) is 12.4. The highest BCUT2D eigenvalue weighted by molar-refractivity contribution is 5.99. The van der Waals surface area contributed by atoms with E-state index in [1.807, 2.05) is 0 Å². The van der Waals surface area contributed by atoms with Crippen molar-refractivity contribution in [1.82, 2.24) is 10.2 Å². The summed E-state index contributed by atoms with van der Waals surface area (Å²) in [4.78, 5) is 53.4. The first-order chi connectivity index (χ1) is 18.7. The number of amides is 4. The minimum atomic E-state index is -1.19. The van der Waals surface area contributed by atoms with Crippen LogP contribution in [0.15, 0.2) is 48.5 Å². The smallest absolute Gasteiger partial charge is 0.408 e. The number of nitrogens with zero attached hydrogens (tertiary/aromatic N) is 1. The largest absolute Gasteiger partial charge is 0.497 e. The first-order valence-corrected chi connectivity index (χ1v) is 12.9. The van der Waals surface area contributed by atoms with E-state index in [-0.39, 0.29) is 12.8 Å². The number of alkyl carbamates (subject to hydrolysis) is 1. The molecular weight excluding hydrogens is 512 g/mol. The number of methoxy groups -OCH3 is 1. The van der Waals surface area contributed by atoms with Gasteiger partial charge in [0, 0.05) is 23.7 Å². The molecule has 0 saturated heterocycles. The number of rotatable bonds is 11. The highest BCUT2D eigenvalue weighted by Crippen LogP contribution is 2.28. The van der Waals surface area contributed by atoms with Crippen LogP contribution in [0.5, 0.6) is 5.75 Å². The number of hydrogen-bond donors (Lipinski definition) is 3. The molecule has 0 aliphatic carbocycles. The number of primary amides is 1. The zero-order valence-corrected chi connectivity index (χ0v) is 23.8. The highest BCUT2D eigenvalue weighted by atomic mass is 16.6. The van der Waals surface area contributed by atoms with Gasteiger partial charge in [-0.1, -0.05) is 18.1 Å². The molecule has 2 aromatic rings. The molecule has 0 bridgehead atoms. The molecule has 0 aromatic heterocycles. The van der Waals surface area contributed by atoms with Crippen molar-refractivity contribution in [3.8, 4) is 18.1 Å². The van der Waals surface area contributed by atoms with Crippen molar-refractivity contribution in [1.29, 1.82) is 0 Å². The van der Waals surface area contributed by atoms with Crippen LogP contribution in [0.25, 0.3) is 0 Å². The maximum absolute atomic E-state index is 14.1. The van der Waals surface area contributed by atoms with Crippen molar-refractivity contribution < 1.29 is 28.7 Å². The monoisotopic (exact) mass is 550 g/mol. The first-order valence-electron chi connectivity index (χ1n) is 12.9. The van der Waals surface area contributed by atoms with Gasteiger partial charge in [0.15, 0.2) is 0 Å². The Balaban J connectivity index is 2.52. The molecule has 0 aliphatic rings. The molecule has 0 radical (unpaired) electrons. The average molecular weight is 551 g/mol. The molecule has 40 heavy (non-hydrogen) atoms. The van der Waals surface area contributed by atoms with Crippen molar-refractivity contribution in [2.45, 2.75) is 71.2 Å². The van der Waals surface area contributed by atoms with E-state index in [0.717, 1.165) is 0 Å². The number of nitrogens with two attached hydrogens (primary N) is 1. The average Bonchev–Trinajstić information content (AvgIpc) is 2.88. The molecule has 2 unspecified atom stereocenters. The van der Waals surface area contributed by atoms with Gasteiger partial charge in [-0.2, -0.15) is 0 Å². The fraction of sp³-hybridized carbons (Fsp3) is 0.400. The zero-order chi connectivity index (χ0) is 30.0. The Kier molecular flexibility index (Phi) is 11.1. The van der Waals surface area contributed by atoms with Crippen molar-refractivity contribution >= 4 is 29.5 Å². The quantitative estimate of drug-likeness (QED) is 0.364. The summed E-state index contributed by atoms with van der Waals surface area (Å²) in [6, 6.07) is 10.7. The Bertz CT molecular complexity index is 1230. The van der Waals surface area contributed by atoms with Gasteiger partial charge in [0.25, 0.3) is 5.91 Å². The Morgan fingerprint density at radius 1 is 1.02 bits per heavy atom. The lowest BCUT2D eigenvalue weighted by molar-refractivity contribution is -0.143. The lowest BCUT2D eigenvalue weighted by atomic mass is 9.99. The number of carbonyl (C=O) groups excluding carboxylic acids is 4. The summed E-state index contributed by atoms with van der Waals surface area (Å²) in [6.45, 7) is 8.56. The van der Waals surface area contributed by atoms with E-state index in [2.05, 4.69) is 16.6 Å². The molecule has 0 heterocycles. The number of hydrogen-bond acceptors (Lipinski definition) is 6. The van der Waals surface area contributed by atoms with E-state index in [4.69, 9.17) is 21.6 Å². The Morgan fingerprint density at radius 2 is 1.62 bits per heavy atom. The number of benzene rings is 2. The molecule has 2 aromatic carbocycles. The molecule has 10 heteroatoms. The molecule has 10 nitrogen and oxygen atoms in total. The number of carbonyl (C=O) groups is 4. The SMILES string of the molecule is C#Cc1ccc(C(C(=O)Nc2ccc(OC)cc2)N(C(=O)C(CCC(N)=O)NC(=O)OC(C)(C)C)C(C)C)cc1. The third-order valence-corrected chi connectivity index (χ3v) is 5.76. The van der Waals surface area contributed by atoms with Crippen LogP contribution in [0.2, 0.25) is 0 Å². The number of anilines is 1. The van der Waals surface area contributed by atoms with Gasteiger partial charge >= 0.3 is 6.09 Å². The lowest BCUT2D eigenvalue weighted by Crippen LogP contribution is -2.54. The van der Waals surface area contributed by atoms with E-state index >= 15 is 0 Å². The van der Waals surface area contributed by atoms with Gasteiger partial charge in [-0.15, -0.1) is 6.42 Å². The summed E-state index contributed by atoms with van der Waals surface area (Å²) in [7, 11) is 1.54. The molecule has 0 aliphatic heterocycles. The van der Waals surface area contributed by atoms with Crippen LogP contribution < -0.4 is 21.1 Å². The zero-order valence-electron chi connectivity index (χ0n) is 23.8. The van der Waals surface area contributed by atoms with Gasteiger partial charge in [0.05, 0.1) is 7.11 Å². The lowest BCUT2D eigenvalue weighted by Gasteiger charge is -2.37. The van der Waals surface area contributed by atoms with Crippen LogP contribution in [0.3, 0.4) is 0 Å². The number of terminal acetylenes is 1. The van der Waals surface area contributed by atoms with Gasteiger partial charge in [-0.25, -0.2) is 4.79 Å². The molecule has 0 spiro atoms. The van der Waals surface area contributed by atoms with Crippen molar-refractivity contribution in [2.24, 2.45) is 5.73 Å². The van der Waals surface area contributed by atoms with Crippen molar-refractivity contribution in [2.75, 3.05) is 12.4 Å². The van der Waals surface area contributed by atoms with E-state index in [9.17, 15) is 19.2 Å². The molecule has 4 N–H and O–H groups in total. The Morgan fingerprint density at radius 3 is 2.10 bits per heavy atom. The topological polar surface area (TPSA) is 140 Å². The highest BCUT2D eigenvalue weighted by Gasteiger charge is 2.38. The second kappa shape index (κ2) is 14.0. The maximum Gasteiger partial charge on any atom is 0.408 e. The minimum Gasteiger partial charge on any atom is -0.497 e. The van der Waals surface area contributed by atoms with Gasteiger partial charge < -0.3 is 30.7 Å². The summed E-state index contributed by atoms with van der Waals surface area (Å²) in [6.07, 6.45) is 4.42. The third-order valence-electron chi connectivity index (χ3n) is 5.76. The van der Waals surface area contributed by atoms with E-state index < -0.39 is 47.5 Å². The Hall–Kier alpha value is -4.52.